The molecule has 0 unspecified atom stereocenters. The number of hydrogen-bond donors (Lipinski definition) is 4. The molecule has 0 fully saturated rings. The van der Waals surface area contributed by atoms with Crippen LogP contribution >= 0.6 is 11.3 Å². The van der Waals surface area contributed by atoms with Gasteiger partial charge in [0.2, 0.25) is 0 Å². The number of phenols is 2. The van der Waals surface area contributed by atoms with E-state index in [1.807, 2.05) is 129 Å². The van der Waals surface area contributed by atoms with Gasteiger partial charge in [0.25, 0.3) is 0 Å². The third-order valence-corrected chi connectivity index (χ3v) is 5.88. The van der Waals surface area contributed by atoms with Crippen molar-refractivity contribution < 1.29 is 10.2 Å². The highest BCUT2D eigenvalue weighted by molar-refractivity contribution is 7.21. The van der Waals surface area contributed by atoms with E-state index in [1.165, 1.54) is 4.80 Å². The molecular formula is C33H44N6O2S. The summed E-state index contributed by atoms with van der Waals surface area (Å²) < 4.78 is 1.14. The van der Waals surface area contributed by atoms with E-state index in [0.717, 1.165) is 31.8 Å². The van der Waals surface area contributed by atoms with Gasteiger partial charge in [-0.1, -0.05) is 76.2 Å². The van der Waals surface area contributed by atoms with E-state index in [2.05, 4.69) is 25.8 Å². The lowest BCUT2D eigenvalue weighted by atomic mass is 10.2. The van der Waals surface area contributed by atoms with Crippen LogP contribution in [0.15, 0.2) is 97.1 Å². The predicted octanol–water partition coefficient (Wildman–Crippen LogP) is 7.52. The van der Waals surface area contributed by atoms with Gasteiger partial charge in [0.15, 0.2) is 0 Å². The molecule has 9 heteroatoms. The number of nitrogens with one attached hydrogen (secondary N) is 2. The SMILES string of the molecule is CC.CC.CNC.CNC.Oc1ccccc1-c1nc2ccccc2s1.Oc1ccccc1-n1nc2ccccc2n1. The highest BCUT2D eigenvalue weighted by Gasteiger charge is 2.09. The van der Waals surface area contributed by atoms with Crippen molar-refractivity contribution in [3.63, 3.8) is 0 Å². The minimum atomic E-state index is 0.169. The van der Waals surface area contributed by atoms with Gasteiger partial charge in [-0.05, 0) is 76.7 Å². The van der Waals surface area contributed by atoms with Crippen LogP contribution in [-0.4, -0.2) is 58.4 Å². The Kier molecular flexibility index (Phi) is 17.5. The van der Waals surface area contributed by atoms with Crippen molar-refractivity contribution in [3.05, 3.63) is 97.1 Å². The lowest BCUT2D eigenvalue weighted by Crippen LogP contribution is -1.98. The fourth-order valence-corrected chi connectivity index (χ4v) is 4.24. The number of nitrogens with zero attached hydrogens (tertiary/aromatic N) is 4. The Hall–Kier alpha value is -4.31. The van der Waals surface area contributed by atoms with E-state index in [-0.39, 0.29) is 11.5 Å². The van der Waals surface area contributed by atoms with Crippen molar-refractivity contribution in [2.24, 2.45) is 0 Å². The van der Waals surface area contributed by atoms with Gasteiger partial charge in [0.05, 0.1) is 15.8 Å². The monoisotopic (exact) mass is 588 g/mol. The van der Waals surface area contributed by atoms with Crippen molar-refractivity contribution in [3.8, 4) is 27.8 Å². The van der Waals surface area contributed by atoms with Crippen LogP contribution in [-0.2, 0) is 0 Å². The molecule has 0 atom stereocenters. The summed E-state index contributed by atoms with van der Waals surface area (Å²) in [6, 6.07) is 29.8. The van der Waals surface area contributed by atoms with Gasteiger partial charge < -0.3 is 20.8 Å². The zero-order chi connectivity index (χ0) is 31.3. The zero-order valence-corrected chi connectivity index (χ0v) is 26.6. The van der Waals surface area contributed by atoms with Crippen LogP contribution in [0.1, 0.15) is 27.7 Å². The minimum Gasteiger partial charge on any atom is -0.507 e. The molecule has 0 radical (unpaired) electrons. The second-order valence-electron chi connectivity index (χ2n) is 7.97. The second kappa shape index (κ2) is 20.5. The maximum atomic E-state index is 9.76. The Morgan fingerprint density at radius 2 is 1.00 bits per heavy atom. The average molecular weight is 589 g/mol. The maximum absolute atomic E-state index is 9.76. The van der Waals surface area contributed by atoms with Crippen LogP contribution in [0.25, 0.3) is 37.5 Å². The van der Waals surface area contributed by atoms with Crippen LogP contribution in [0.4, 0.5) is 0 Å². The average Bonchev–Trinajstić information content (AvgIpc) is 3.65. The topological polar surface area (TPSA) is 108 Å². The van der Waals surface area contributed by atoms with E-state index in [9.17, 15) is 10.2 Å². The van der Waals surface area contributed by atoms with E-state index < -0.39 is 0 Å². The molecule has 8 nitrogen and oxygen atoms in total. The lowest BCUT2D eigenvalue weighted by Gasteiger charge is -2.00. The number of hydrogen-bond acceptors (Lipinski definition) is 8. The summed E-state index contributed by atoms with van der Waals surface area (Å²) in [6.07, 6.45) is 0. The largest absolute Gasteiger partial charge is 0.507 e. The van der Waals surface area contributed by atoms with Gasteiger partial charge in [-0.2, -0.15) is 0 Å². The van der Waals surface area contributed by atoms with Gasteiger partial charge in [0, 0.05) is 0 Å². The van der Waals surface area contributed by atoms with Gasteiger partial charge in [-0.15, -0.1) is 26.3 Å². The zero-order valence-electron chi connectivity index (χ0n) is 25.8. The first-order chi connectivity index (χ1) is 20.5. The Morgan fingerprint density at radius 1 is 0.571 bits per heavy atom. The van der Waals surface area contributed by atoms with Crippen molar-refractivity contribution in [1.29, 1.82) is 0 Å². The molecule has 0 amide bonds. The van der Waals surface area contributed by atoms with E-state index in [0.29, 0.717) is 5.69 Å². The summed E-state index contributed by atoms with van der Waals surface area (Å²) >= 11 is 1.59. The number of thiazole rings is 1. The number of aromatic nitrogens is 4. The Morgan fingerprint density at radius 3 is 1.50 bits per heavy atom. The summed E-state index contributed by atoms with van der Waals surface area (Å²) in [7, 11) is 7.50. The summed E-state index contributed by atoms with van der Waals surface area (Å²) in [5, 5.41) is 34.4. The van der Waals surface area contributed by atoms with Crippen LogP contribution in [0.3, 0.4) is 0 Å². The standard InChI is InChI=1S/C13H9NOS.C12H9N3O.2C2H7N.2C2H6/c15-11-7-3-1-5-9(11)13-14-10-6-2-4-8-12(10)16-13;16-12-8-4-3-7-11(12)15-13-9-5-1-2-6-10(9)14-15;2*1-3-2;2*1-2/h1-8,15H;1-8,16H;2*3H,1-2H3;2*1-2H3. The van der Waals surface area contributed by atoms with Gasteiger partial charge in [-0.25, -0.2) is 4.98 Å². The summed E-state index contributed by atoms with van der Waals surface area (Å²) in [5.41, 5.74) is 3.98. The summed E-state index contributed by atoms with van der Waals surface area (Å²) in [4.78, 5) is 5.95. The Labute approximate surface area is 253 Å². The predicted molar refractivity (Wildman–Crippen MR) is 180 cm³/mol. The molecule has 2 heterocycles. The molecule has 0 aliphatic heterocycles. The third-order valence-electron chi connectivity index (χ3n) is 4.81. The van der Waals surface area contributed by atoms with Crippen molar-refractivity contribution in [2.75, 3.05) is 28.2 Å². The second-order valence-corrected chi connectivity index (χ2v) is 9.00. The number of aromatic hydroxyl groups is 2. The van der Waals surface area contributed by atoms with E-state index in [1.54, 1.807) is 35.6 Å². The molecule has 0 saturated carbocycles. The molecule has 4 aromatic carbocycles. The molecule has 0 aliphatic carbocycles. The number of phenolic OH excluding ortho intramolecular Hbond substituents is 2. The van der Waals surface area contributed by atoms with E-state index in [4.69, 9.17) is 0 Å². The van der Waals surface area contributed by atoms with Gasteiger partial charge in [-0.3, -0.25) is 0 Å². The molecule has 42 heavy (non-hydrogen) atoms. The first kappa shape index (κ1) is 35.7. The molecule has 0 aliphatic rings. The molecule has 6 aromatic rings. The Bertz CT molecular complexity index is 1380. The van der Waals surface area contributed by atoms with Gasteiger partial charge in [0.1, 0.15) is 33.2 Å². The number of fused-ring (bicyclic) bond motifs is 2. The van der Waals surface area contributed by atoms with Crippen LogP contribution in [0.2, 0.25) is 0 Å². The normalized spacial score (nSPS) is 9.33. The Balaban J connectivity index is 0.000000323. The highest BCUT2D eigenvalue weighted by Crippen LogP contribution is 2.34. The first-order valence-electron chi connectivity index (χ1n) is 13.9. The molecule has 0 spiro atoms. The summed E-state index contributed by atoms with van der Waals surface area (Å²) in [5.74, 6) is 0.448. The van der Waals surface area contributed by atoms with Crippen LogP contribution < -0.4 is 10.6 Å². The van der Waals surface area contributed by atoms with Crippen molar-refractivity contribution >= 4 is 32.6 Å². The fraction of sp³-hybridized carbons (Fsp3) is 0.242. The maximum Gasteiger partial charge on any atom is 0.143 e. The van der Waals surface area contributed by atoms with E-state index >= 15 is 0 Å². The molecule has 6 rings (SSSR count). The summed E-state index contributed by atoms with van der Waals surface area (Å²) in [6.45, 7) is 8.00. The molecular weight excluding hydrogens is 544 g/mol. The number of para-hydroxylation sites is 4. The first-order valence-corrected chi connectivity index (χ1v) is 14.7. The number of rotatable bonds is 2. The molecule has 0 saturated heterocycles. The molecule has 4 N–H and O–H groups in total. The smallest absolute Gasteiger partial charge is 0.143 e. The minimum absolute atomic E-state index is 0.169. The van der Waals surface area contributed by atoms with Crippen molar-refractivity contribution in [2.45, 2.75) is 27.7 Å². The highest BCUT2D eigenvalue weighted by atomic mass is 32.1. The molecule has 224 valence electrons. The molecule has 2 aromatic heterocycles. The van der Waals surface area contributed by atoms with Crippen molar-refractivity contribution in [1.82, 2.24) is 30.6 Å². The fourth-order valence-electron chi connectivity index (χ4n) is 3.24. The molecule has 0 bridgehead atoms. The van der Waals surface area contributed by atoms with Crippen LogP contribution in [0.5, 0.6) is 11.5 Å². The lowest BCUT2D eigenvalue weighted by molar-refractivity contribution is 0.468. The third kappa shape index (κ3) is 10.6. The van der Waals surface area contributed by atoms with Gasteiger partial charge >= 0.3 is 0 Å². The van der Waals surface area contributed by atoms with Crippen LogP contribution in [0, 0.1) is 0 Å². The quantitative estimate of drug-likeness (QED) is 0.166. The number of benzene rings is 4.